The molecule has 0 saturated carbocycles. The number of nitrogens with zero attached hydrogens (tertiary/aromatic N) is 1. The zero-order valence-corrected chi connectivity index (χ0v) is 9.68. The first-order valence-corrected chi connectivity index (χ1v) is 5.71. The topological polar surface area (TPSA) is 81.0 Å². The predicted octanol–water partition coefficient (Wildman–Crippen LogP) is 0.627. The Morgan fingerprint density at radius 2 is 2.00 bits per heavy atom. The van der Waals surface area contributed by atoms with E-state index in [1.54, 1.807) is 36.4 Å². The number of amides is 1. The third-order valence-corrected chi connectivity index (χ3v) is 2.99. The second kappa shape index (κ2) is 5.30. The van der Waals surface area contributed by atoms with Crippen LogP contribution in [0.25, 0.3) is 0 Å². The van der Waals surface area contributed by atoms with Gasteiger partial charge in [0.05, 0.1) is 12.1 Å². The second-order valence-corrected chi connectivity index (χ2v) is 4.22. The lowest BCUT2D eigenvalue weighted by atomic mass is 10.1. The summed E-state index contributed by atoms with van der Waals surface area (Å²) < 4.78 is 0. The maximum Gasteiger partial charge on any atom is 0.279 e. The van der Waals surface area contributed by atoms with E-state index in [0.29, 0.717) is 17.0 Å². The number of hydrogen-bond donors (Lipinski definition) is 3. The van der Waals surface area contributed by atoms with E-state index in [1.807, 2.05) is 0 Å². The highest BCUT2D eigenvalue weighted by atomic mass is 16.5. The van der Waals surface area contributed by atoms with Gasteiger partial charge < -0.3 is 10.2 Å². The summed E-state index contributed by atoms with van der Waals surface area (Å²) in [4.78, 5) is 11.9. The first kappa shape index (κ1) is 12.8. The molecular formula is C13H15NO4. The summed E-state index contributed by atoms with van der Waals surface area (Å²) in [5, 5.41) is 29.6. The van der Waals surface area contributed by atoms with E-state index in [4.69, 9.17) is 0 Å². The van der Waals surface area contributed by atoms with Crippen LogP contribution in [0.3, 0.4) is 0 Å². The zero-order valence-electron chi connectivity index (χ0n) is 9.68. The number of aliphatic hydroxyl groups excluding tert-OH is 2. The maximum atomic E-state index is 11.9. The normalized spacial score (nSPS) is 23.9. The fourth-order valence-electron chi connectivity index (χ4n) is 1.94. The molecule has 18 heavy (non-hydrogen) atoms. The van der Waals surface area contributed by atoms with Crippen LogP contribution in [0.15, 0.2) is 42.5 Å². The summed E-state index contributed by atoms with van der Waals surface area (Å²) in [5.41, 5.74) is 0.405. The van der Waals surface area contributed by atoms with E-state index < -0.39 is 24.2 Å². The second-order valence-electron chi connectivity index (χ2n) is 4.22. The predicted molar refractivity (Wildman–Crippen MR) is 63.6 cm³/mol. The number of carbonyl (C=O) groups excluding carboxylic acids is 1. The molecule has 5 nitrogen and oxygen atoms in total. The average molecular weight is 249 g/mol. The summed E-state index contributed by atoms with van der Waals surface area (Å²) >= 11 is 0. The van der Waals surface area contributed by atoms with E-state index in [0.717, 1.165) is 0 Å². The van der Waals surface area contributed by atoms with Crippen molar-refractivity contribution in [2.45, 2.75) is 24.7 Å². The third-order valence-electron chi connectivity index (χ3n) is 2.99. The van der Waals surface area contributed by atoms with E-state index >= 15 is 0 Å². The van der Waals surface area contributed by atoms with Crippen molar-refractivity contribution >= 4 is 5.91 Å². The van der Waals surface area contributed by atoms with Gasteiger partial charge in [0, 0.05) is 0 Å². The van der Waals surface area contributed by atoms with Crippen molar-refractivity contribution in [3.63, 3.8) is 0 Å². The van der Waals surface area contributed by atoms with E-state index in [-0.39, 0.29) is 0 Å². The zero-order chi connectivity index (χ0) is 13.1. The fraction of sp³-hybridized carbons (Fsp3) is 0.308. The van der Waals surface area contributed by atoms with Crippen molar-refractivity contribution in [2.24, 2.45) is 0 Å². The Morgan fingerprint density at radius 3 is 2.56 bits per heavy atom. The van der Waals surface area contributed by atoms with Gasteiger partial charge in [-0.25, -0.2) is 5.06 Å². The van der Waals surface area contributed by atoms with Gasteiger partial charge in [-0.2, -0.15) is 0 Å². The van der Waals surface area contributed by atoms with E-state index in [1.165, 1.54) is 6.08 Å². The Bertz CT molecular complexity index is 446. The minimum Gasteiger partial charge on any atom is -0.387 e. The molecule has 3 atom stereocenters. The molecule has 2 rings (SSSR count). The minimum atomic E-state index is -1.43. The number of hydroxylamine groups is 2. The van der Waals surface area contributed by atoms with Crippen LogP contribution >= 0.6 is 0 Å². The molecule has 5 heteroatoms. The van der Waals surface area contributed by atoms with E-state index in [9.17, 15) is 20.2 Å². The molecule has 0 heterocycles. The first-order chi connectivity index (χ1) is 8.61. The van der Waals surface area contributed by atoms with Crippen LogP contribution in [0.5, 0.6) is 0 Å². The summed E-state index contributed by atoms with van der Waals surface area (Å²) in [7, 11) is 0. The Balaban J connectivity index is 2.07. The number of carbonyl (C=O) groups is 1. The lowest BCUT2D eigenvalue weighted by molar-refractivity contribution is -0.190. The molecule has 1 aromatic carbocycles. The van der Waals surface area contributed by atoms with Gasteiger partial charge in [0.2, 0.25) is 0 Å². The van der Waals surface area contributed by atoms with Crippen LogP contribution in [-0.2, 0) is 4.79 Å². The SMILES string of the molecule is O=C([C@H](O)c1ccccc1)N(O)[C@@H]1CC=C[C@H]1O. The minimum absolute atomic E-state index is 0.366. The Kier molecular flexibility index (Phi) is 3.76. The fourth-order valence-corrected chi connectivity index (χ4v) is 1.94. The lowest BCUT2D eigenvalue weighted by Gasteiger charge is -2.26. The largest absolute Gasteiger partial charge is 0.387 e. The molecule has 0 aromatic heterocycles. The number of hydrogen-bond acceptors (Lipinski definition) is 4. The van der Waals surface area contributed by atoms with Crippen molar-refractivity contribution in [3.05, 3.63) is 48.0 Å². The average Bonchev–Trinajstić information content (AvgIpc) is 2.83. The third kappa shape index (κ3) is 2.43. The standard InChI is InChI=1S/C13H15NO4/c15-11-8-4-7-10(11)14(18)13(17)12(16)9-5-2-1-3-6-9/h1-6,8,10-12,15-16,18H,7H2/t10-,11-,12-/m1/s1. The van der Waals surface area contributed by atoms with Crippen LogP contribution in [0.2, 0.25) is 0 Å². The number of rotatable bonds is 3. The van der Waals surface area contributed by atoms with Crippen LogP contribution in [0, 0.1) is 0 Å². The molecule has 0 fully saturated rings. The number of benzene rings is 1. The highest BCUT2D eigenvalue weighted by molar-refractivity contribution is 5.81. The van der Waals surface area contributed by atoms with Crippen molar-refractivity contribution in [3.8, 4) is 0 Å². The quantitative estimate of drug-likeness (QED) is 0.417. The summed E-state index contributed by atoms with van der Waals surface area (Å²) in [5.74, 6) is -0.839. The molecule has 0 radical (unpaired) electrons. The molecule has 0 saturated heterocycles. The Hall–Kier alpha value is -1.69. The van der Waals surface area contributed by atoms with Crippen molar-refractivity contribution < 1.29 is 20.2 Å². The van der Waals surface area contributed by atoms with Gasteiger partial charge in [0.25, 0.3) is 5.91 Å². The Labute approximate surface area is 105 Å². The molecule has 96 valence electrons. The van der Waals surface area contributed by atoms with Crippen molar-refractivity contribution in [2.75, 3.05) is 0 Å². The van der Waals surface area contributed by atoms with Gasteiger partial charge in [-0.1, -0.05) is 42.5 Å². The monoisotopic (exact) mass is 249 g/mol. The summed E-state index contributed by atoms with van der Waals surface area (Å²) in [6, 6.07) is 7.62. The van der Waals surface area contributed by atoms with Gasteiger partial charge >= 0.3 is 0 Å². The van der Waals surface area contributed by atoms with Gasteiger partial charge in [-0.3, -0.25) is 10.0 Å². The van der Waals surface area contributed by atoms with Gasteiger partial charge in [0.15, 0.2) is 6.10 Å². The van der Waals surface area contributed by atoms with Crippen LogP contribution in [0.4, 0.5) is 0 Å². The molecule has 1 aliphatic rings. The summed E-state index contributed by atoms with van der Waals surface area (Å²) in [6.07, 6.45) is 1.23. The Morgan fingerprint density at radius 1 is 1.33 bits per heavy atom. The molecule has 0 unspecified atom stereocenters. The molecule has 1 aliphatic carbocycles. The van der Waals surface area contributed by atoms with Gasteiger partial charge in [-0.15, -0.1) is 0 Å². The van der Waals surface area contributed by atoms with E-state index in [2.05, 4.69) is 0 Å². The molecule has 0 aliphatic heterocycles. The number of aliphatic hydroxyl groups is 2. The molecule has 0 bridgehead atoms. The molecule has 1 aromatic rings. The van der Waals surface area contributed by atoms with Crippen molar-refractivity contribution in [1.82, 2.24) is 5.06 Å². The van der Waals surface area contributed by atoms with Crippen molar-refractivity contribution in [1.29, 1.82) is 0 Å². The summed E-state index contributed by atoms with van der Waals surface area (Å²) in [6.45, 7) is 0. The molecule has 3 N–H and O–H groups in total. The molecule has 0 spiro atoms. The molecular weight excluding hydrogens is 234 g/mol. The van der Waals surface area contributed by atoms with Gasteiger partial charge in [0.1, 0.15) is 0 Å². The van der Waals surface area contributed by atoms with Gasteiger partial charge in [-0.05, 0) is 12.0 Å². The highest BCUT2D eigenvalue weighted by Crippen LogP contribution is 2.21. The first-order valence-electron chi connectivity index (χ1n) is 5.71. The van der Waals surface area contributed by atoms with Crippen LogP contribution < -0.4 is 0 Å². The highest BCUT2D eigenvalue weighted by Gasteiger charge is 2.33. The maximum absolute atomic E-state index is 11.9. The van der Waals surface area contributed by atoms with Crippen LogP contribution in [-0.4, -0.2) is 38.5 Å². The molecule has 1 amide bonds. The lowest BCUT2D eigenvalue weighted by Crippen LogP contribution is -2.44. The van der Waals surface area contributed by atoms with Crippen LogP contribution in [0.1, 0.15) is 18.1 Å². The smallest absolute Gasteiger partial charge is 0.279 e.